The van der Waals surface area contributed by atoms with Crippen molar-refractivity contribution in [3.05, 3.63) is 5.82 Å². The third-order valence-electron chi connectivity index (χ3n) is 3.02. The Hall–Kier alpha value is -1.08. The Bertz CT molecular complexity index is 429. The molecule has 0 bridgehead atoms. The van der Waals surface area contributed by atoms with Gasteiger partial charge in [-0.1, -0.05) is 18.7 Å². The van der Waals surface area contributed by atoms with E-state index in [1.54, 1.807) is 0 Å². The molecule has 1 amide bonds. The lowest BCUT2D eigenvalue weighted by molar-refractivity contribution is -0.115. The van der Waals surface area contributed by atoms with Crippen LogP contribution in [0.3, 0.4) is 0 Å². The maximum atomic E-state index is 10.9. The molecule has 0 spiro atoms. The van der Waals surface area contributed by atoms with Crippen molar-refractivity contribution in [3.8, 4) is 0 Å². The highest BCUT2D eigenvalue weighted by Gasteiger charge is 2.20. The van der Waals surface area contributed by atoms with Gasteiger partial charge in [0.15, 0.2) is 5.16 Å². The van der Waals surface area contributed by atoms with Crippen LogP contribution in [0.25, 0.3) is 0 Å². The Kier molecular flexibility index (Phi) is 5.21. The number of thioether (sulfide) groups is 1. The van der Waals surface area contributed by atoms with Gasteiger partial charge in [-0.2, -0.15) is 0 Å². The van der Waals surface area contributed by atoms with E-state index in [-0.39, 0.29) is 17.8 Å². The Morgan fingerprint density at radius 1 is 1.58 bits per heavy atom. The first-order chi connectivity index (χ1) is 9.20. The largest absolute Gasteiger partial charge is 0.376 e. The third-order valence-corrected chi connectivity index (χ3v) is 4.01. The molecule has 1 atom stereocenters. The van der Waals surface area contributed by atoms with Crippen LogP contribution in [0.2, 0.25) is 0 Å². The van der Waals surface area contributed by atoms with E-state index in [2.05, 4.69) is 21.7 Å². The maximum Gasteiger partial charge on any atom is 0.227 e. The number of aromatic nitrogens is 3. The van der Waals surface area contributed by atoms with E-state index < -0.39 is 0 Å². The van der Waals surface area contributed by atoms with Crippen LogP contribution in [0.4, 0.5) is 0 Å². The summed E-state index contributed by atoms with van der Waals surface area (Å²) in [4.78, 5) is 10.9. The van der Waals surface area contributed by atoms with Crippen molar-refractivity contribution in [3.63, 3.8) is 0 Å². The maximum absolute atomic E-state index is 10.9. The van der Waals surface area contributed by atoms with Crippen LogP contribution in [-0.4, -0.2) is 39.1 Å². The van der Waals surface area contributed by atoms with Crippen molar-refractivity contribution in [2.75, 3.05) is 12.4 Å². The summed E-state index contributed by atoms with van der Waals surface area (Å²) >= 11 is 1.34. The van der Waals surface area contributed by atoms with E-state index in [1.807, 2.05) is 0 Å². The van der Waals surface area contributed by atoms with Crippen LogP contribution < -0.4 is 5.73 Å². The molecule has 0 radical (unpaired) electrons. The van der Waals surface area contributed by atoms with E-state index in [4.69, 9.17) is 10.5 Å². The number of hydrogen-bond acceptors (Lipinski definition) is 5. The molecule has 1 saturated heterocycles. The van der Waals surface area contributed by atoms with Crippen molar-refractivity contribution >= 4 is 17.7 Å². The molecule has 0 saturated carbocycles. The van der Waals surface area contributed by atoms with Gasteiger partial charge in [0.25, 0.3) is 0 Å². The number of amides is 1. The molecule has 0 aromatic carbocycles. The van der Waals surface area contributed by atoms with Crippen LogP contribution in [0, 0.1) is 0 Å². The monoisotopic (exact) mass is 284 g/mol. The van der Waals surface area contributed by atoms with E-state index in [0.29, 0.717) is 0 Å². The van der Waals surface area contributed by atoms with Crippen molar-refractivity contribution in [2.45, 2.75) is 50.4 Å². The van der Waals surface area contributed by atoms with Gasteiger partial charge in [0, 0.05) is 13.0 Å². The normalized spacial score (nSPS) is 18.9. The highest BCUT2D eigenvalue weighted by molar-refractivity contribution is 7.99. The molecular weight excluding hydrogens is 264 g/mol. The van der Waals surface area contributed by atoms with Gasteiger partial charge in [0.1, 0.15) is 5.82 Å². The van der Waals surface area contributed by atoms with Crippen molar-refractivity contribution in [1.82, 2.24) is 14.8 Å². The summed E-state index contributed by atoms with van der Waals surface area (Å²) in [6.07, 6.45) is 4.32. The molecule has 1 aliphatic heterocycles. The lowest BCUT2D eigenvalue weighted by atomic mass is 10.2. The molecule has 7 heteroatoms. The number of ether oxygens (including phenoxy) is 1. The second kappa shape index (κ2) is 6.91. The smallest absolute Gasteiger partial charge is 0.227 e. The lowest BCUT2D eigenvalue weighted by Crippen LogP contribution is -2.19. The minimum Gasteiger partial charge on any atom is -0.376 e. The lowest BCUT2D eigenvalue weighted by Gasteiger charge is -2.14. The van der Waals surface area contributed by atoms with Crippen LogP contribution in [0.5, 0.6) is 0 Å². The topological polar surface area (TPSA) is 83.0 Å². The number of nitrogens with two attached hydrogens (primary N) is 1. The highest BCUT2D eigenvalue weighted by atomic mass is 32.2. The summed E-state index contributed by atoms with van der Waals surface area (Å²) in [6, 6.07) is 0. The summed E-state index contributed by atoms with van der Waals surface area (Å²) in [5.74, 6) is 0.856. The predicted octanol–water partition coefficient (Wildman–Crippen LogP) is 0.987. The first-order valence-corrected chi connectivity index (χ1v) is 7.64. The first kappa shape index (κ1) is 14.3. The van der Waals surface area contributed by atoms with E-state index >= 15 is 0 Å². The Morgan fingerprint density at radius 2 is 2.42 bits per heavy atom. The SMILES string of the molecule is CCCc1nnc(SCC(N)=O)n1CC1CCCO1. The average molecular weight is 284 g/mol. The number of rotatable bonds is 7. The summed E-state index contributed by atoms with van der Waals surface area (Å²) in [5, 5.41) is 9.13. The number of primary amides is 1. The molecule has 1 aromatic rings. The van der Waals surface area contributed by atoms with Gasteiger partial charge in [-0.15, -0.1) is 10.2 Å². The van der Waals surface area contributed by atoms with E-state index in [0.717, 1.165) is 49.8 Å². The molecule has 1 fully saturated rings. The first-order valence-electron chi connectivity index (χ1n) is 6.65. The standard InChI is InChI=1S/C12H20N4O2S/c1-2-4-11-14-15-12(19-8-10(13)17)16(11)7-9-5-3-6-18-9/h9H,2-8H2,1H3,(H2,13,17). The number of hydrogen-bond donors (Lipinski definition) is 1. The fourth-order valence-electron chi connectivity index (χ4n) is 2.15. The molecule has 106 valence electrons. The van der Waals surface area contributed by atoms with Crippen LogP contribution in [-0.2, 0) is 22.5 Å². The molecule has 1 aliphatic rings. The van der Waals surface area contributed by atoms with E-state index in [1.165, 1.54) is 11.8 Å². The van der Waals surface area contributed by atoms with Gasteiger partial charge < -0.3 is 15.0 Å². The van der Waals surface area contributed by atoms with Crippen molar-refractivity contribution in [2.24, 2.45) is 5.73 Å². The van der Waals surface area contributed by atoms with Crippen molar-refractivity contribution in [1.29, 1.82) is 0 Å². The quantitative estimate of drug-likeness (QED) is 0.755. The van der Waals surface area contributed by atoms with Gasteiger partial charge >= 0.3 is 0 Å². The fourth-order valence-corrected chi connectivity index (χ4v) is 2.85. The average Bonchev–Trinajstić information content (AvgIpc) is 2.99. The summed E-state index contributed by atoms with van der Waals surface area (Å²) in [7, 11) is 0. The Morgan fingerprint density at radius 3 is 3.05 bits per heavy atom. The number of nitrogens with zero attached hydrogens (tertiary/aromatic N) is 3. The molecule has 2 rings (SSSR count). The minimum absolute atomic E-state index is 0.232. The highest BCUT2D eigenvalue weighted by Crippen LogP contribution is 2.21. The van der Waals surface area contributed by atoms with Crippen LogP contribution >= 0.6 is 11.8 Å². The second-order valence-electron chi connectivity index (χ2n) is 4.65. The van der Waals surface area contributed by atoms with E-state index in [9.17, 15) is 4.79 Å². The zero-order valence-electron chi connectivity index (χ0n) is 11.2. The number of carbonyl (C=O) groups excluding carboxylic acids is 1. The Labute approximate surface area is 117 Å². The molecule has 1 aromatic heterocycles. The summed E-state index contributed by atoms with van der Waals surface area (Å²) < 4.78 is 7.74. The summed E-state index contributed by atoms with van der Waals surface area (Å²) in [6.45, 7) is 3.71. The minimum atomic E-state index is -0.339. The number of carbonyl (C=O) groups is 1. The zero-order valence-corrected chi connectivity index (χ0v) is 12.0. The van der Waals surface area contributed by atoms with Crippen LogP contribution in [0.1, 0.15) is 32.0 Å². The molecule has 1 unspecified atom stereocenters. The van der Waals surface area contributed by atoms with Gasteiger partial charge in [-0.05, 0) is 19.3 Å². The zero-order chi connectivity index (χ0) is 13.7. The van der Waals surface area contributed by atoms with Crippen LogP contribution in [0.15, 0.2) is 5.16 Å². The molecule has 19 heavy (non-hydrogen) atoms. The Balaban J connectivity index is 2.09. The second-order valence-corrected chi connectivity index (χ2v) is 5.59. The number of aryl methyl sites for hydroxylation is 1. The van der Waals surface area contributed by atoms with Gasteiger partial charge in [0.2, 0.25) is 5.91 Å². The summed E-state index contributed by atoms with van der Waals surface area (Å²) in [5.41, 5.74) is 5.18. The molecule has 2 heterocycles. The molecule has 2 N–H and O–H groups in total. The van der Waals surface area contributed by atoms with Gasteiger partial charge in [0.05, 0.1) is 18.4 Å². The molecule has 0 aliphatic carbocycles. The van der Waals surface area contributed by atoms with Gasteiger partial charge in [-0.3, -0.25) is 4.79 Å². The predicted molar refractivity (Wildman–Crippen MR) is 72.9 cm³/mol. The third kappa shape index (κ3) is 3.94. The molecule has 6 nitrogen and oxygen atoms in total. The fraction of sp³-hybridized carbons (Fsp3) is 0.750. The van der Waals surface area contributed by atoms with Crippen molar-refractivity contribution < 1.29 is 9.53 Å². The van der Waals surface area contributed by atoms with Gasteiger partial charge in [-0.25, -0.2) is 0 Å². The molecular formula is C12H20N4O2S.